The van der Waals surface area contributed by atoms with Crippen LogP contribution in [0.5, 0.6) is 5.75 Å². The van der Waals surface area contributed by atoms with Gasteiger partial charge in [-0.2, -0.15) is 0 Å². The standard InChI is InChI=1S/C12H13FN2O2/c1-7-12(15-11(6-14)17-7)8-3-4-10(16-2)9(13)5-8/h3-5H,6,14H2,1-2H3. The number of hydrogen-bond donors (Lipinski definition) is 1. The van der Waals surface area contributed by atoms with Gasteiger partial charge in [0, 0.05) is 5.56 Å². The van der Waals surface area contributed by atoms with Crippen molar-refractivity contribution in [3.8, 4) is 17.0 Å². The molecule has 0 bridgehead atoms. The van der Waals surface area contributed by atoms with Crippen molar-refractivity contribution >= 4 is 0 Å². The number of hydrogen-bond acceptors (Lipinski definition) is 4. The minimum Gasteiger partial charge on any atom is -0.494 e. The van der Waals surface area contributed by atoms with E-state index in [0.29, 0.717) is 22.9 Å². The van der Waals surface area contributed by atoms with E-state index in [-0.39, 0.29) is 12.3 Å². The van der Waals surface area contributed by atoms with Crippen molar-refractivity contribution in [1.29, 1.82) is 0 Å². The Morgan fingerprint density at radius 3 is 2.76 bits per heavy atom. The molecule has 90 valence electrons. The topological polar surface area (TPSA) is 61.3 Å². The molecule has 1 aromatic heterocycles. The molecular formula is C12H13FN2O2. The molecule has 0 saturated heterocycles. The summed E-state index contributed by atoms with van der Waals surface area (Å²) in [5.74, 6) is 0.833. The Morgan fingerprint density at radius 1 is 1.47 bits per heavy atom. The van der Waals surface area contributed by atoms with Crippen molar-refractivity contribution in [2.24, 2.45) is 5.73 Å². The maximum absolute atomic E-state index is 13.5. The van der Waals surface area contributed by atoms with Gasteiger partial charge in [-0.25, -0.2) is 9.37 Å². The van der Waals surface area contributed by atoms with Crippen molar-refractivity contribution in [1.82, 2.24) is 4.98 Å². The van der Waals surface area contributed by atoms with E-state index in [1.807, 2.05) is 0 Å². The Hall–Kier alpha value is -1.88. The van der Waals surface area contributed by atoms with Crippen LogP contribution in [0.3, 0.4) is 0 Å². The smallest absolute Gasteiger partial charge is 0.208 e. The molecule has 17 heavy (non-hydrogen) atoms. The van der Waals surface area contributed by atoms with Gasteiger partial charge in [0.25, 0.3) is 0 Å². The van der Waals surface area contributed by atoms with Gasteiger partial charge in [0.15, 0.2) is 11.6 Å². The highest BCUT2D eigenvalue weighted by atomic mass is 19.1. The number of rotatable bonds is 3. The molecule has 2 aromatic rings. The molecule has 0 aliphatic heterocycles. The molecule has 2 N–H and O–H groups in total. The van der Waals surface area contributed by atoms with Crippen LogP contribution < -0.4 is 10.5 Å². The summed E-state index contributed by atoms with van der Waals surface area (Å²) in [5, 5.41) is 0. The maximum atomic E-state index is 13.5. The van der Waals surface area contributed by atoms with Gasteiger partial charge >= 0.3 is 0 Å². The number of nitrogens with two attached hydrogens (primary N) is 1. The van der Waals surface area contributed by atoms with Crippen LogP contribution in [0.25, 0.3) is 11.3 Å². The predicted octanol–water partition coefficient (Wildman–Crippen LogP) is 2.26. The fourth-order valence-corrected chi connectivity index (χ4v) is 1.62. The van der Waals surface area contributed by atoms with Gasteiger partial charge < -0.3 is 14.9 Å². The number of aryl methyl sites for hydroxylation is 1. The van der Waals surface area contributed by atoms with E-state index in [9.17, 15) is 4.39 Å². The highest BCUT2D eigenvalue weighted by Crippen LogP contribution is 2.27. The fraction of sp³-hybridized carbons (Fsp3) is 0.250. The van der Waals surface area contributed by atoms with E-state index in [2.05, 4.69) is 4.98 Å². The Bertz CT molecular complexity index is 537. The van der Waals surface area contributed by atoms with Crippen LogP contribution in [-0.4, -0.2) is 12.1 Å². The number of ether oxygens (including phenoxy) is 1. The first-order valence-electron chi connectivity index (χ1n) is 5.16. The molecule has 0 spiro atoms. The Labute approximate surface area is 98.2 Å². The second-order valence-electron chi connectivity index (χ2n) is 3.57. The number of halogens is 1. The van der Waals surface area contributed by atoms with Gasteiger partial charge in [-0.05, 0) is 25.1 Å². The molecule has 2 rings (SSSR count). The molecule has 4 nitrogen and oxygen atoms in total. The van der Waals surface area contributed by atoms with Crippen molar-refractivity contribution in [3.05, 3.63) is 35.7 Å². The summed E-state index contributed by atoms with van der Waals surface area (Å²) in [4.78, 5) is 4.20. The first-order valence-corrected chi connectivity index (χ1v) is 5.16. The zero-order valence-corrected chi connectivity index (χ0v) is 9.66. The summed E-state index contributed by atoms with van der Waals surface area (Å²) in [6.45, 7) is 1.99. The summed E-state index contributed by atoms with van der Waals surface area (Å²) < 4.78 is 23.7. The van der Waals surface area contributed by atoms with Crippen LogP contribution >= 0.6 is 0 Å². The minimum atomic E-state index is -0.429. The van der Waals surface area contributed by atoms with Gasteiger partial charge in [0.1, 0.15) is 11.5 Å². The summed E-state index contributed by atoms with van der Waals surface area (Å²) in [7, 11) is 1.42. The third-order valence-electron chi connectivity index (χ3n) is 2.44. The zero-order valence-electron chi connectivity index (χ0n) is 9.66. The first-order chi connectivity index (χ1) is 8.15. The lowest BCUT2D eigenvalue weighted by Gasteiger charge is -2.03. The number of nitrogens with zero attached hydrogens (tertiary/aromatic N) is 1. The lowest BCUT2D eigenvalue weighted by atomic mass is 10.1. The lowest BCUT2D eigenvalue weighted by molar-refractivity contribution is 0.386. The molecule has 0 unspecified atom stereocenters. The van der Waals surface area contributed by atoms with Crippen LogP contribution in [0, 0.1) is 12.7 Å². The van der Waals surface area contributed by atoms with Crippen molar-refractivity contribution < 1.29 is 13.5 Å². The van der Waals surface area contributed by atoms with E-state index < -0.39 is 5.82 Å². The number of methoxy groups -OCH3 is 1. The van der Waals surface area contributed by atoms with Crippen LogP contribution in [0.2, 0.25) is 0 Å². The molecular weight excluding hydrogens is 223 g/mol. The SMILES string of the molecule is COc1ccc(-c2nc(CN)oc2C)cc1F. The van der Waals surface area contributed by atoms with Crippen molar-refractivity contribution in [2.45, 2.75) is 13.5 Å². The molecule has 0 saturated carbocycles. The average Bonchev–Trinajstić information content (AvgIpc) is 2.70. The number of benzene rings is 1. The average molecular weight is 236 g/mol. The van der Waals surface area contributed by atoms with E-state index in [1.54, 1.807) is 19.1 Å². The van der Waals surface area contributed by atoms with Gasteiger partial charge in [-0.3, -0.25) is 0 Å². The number of oxazole rings is 1. The van der Waals surface area contributed by atoms with E-state index in [1.165, 1.54) is 13.2 Å². The molecule has 0 atom stereocenters. The maximum Gasteiger partial charge on any atom is 0.208 e. The Kier molecular flexibility index (Phi) is 3.10. The van der Waals surface area contributed by atoms with Gasteiger partial charge in [0.2, 0.25) is 5.89 Å². The minimum absolute atomic E-state index is 0.203. The molecule has 0 aliphatic carbocycles. The number of aromatic nitrogens is 1. The second-order valence-corrected chi connectivity index (χ2v) is 3.57. The zero-order chi connectivity index (χ0) is 12.4. The molecule has 0 fully saturated rings. The first kappa shape index (κ1) is 11.6. The molecule has 0 amide bonds. The molecule has 5 heteroatoms. The molecule has 1 heterocycles. The molecule has 1 aromatic carbocycles. The Morgan fingerprint density at radius 2 is 2.24 bits per heavy atom. The Balaban J connectivity index is 2.45. The normalized spacial score (nSPS) is 10.6. The van der Waals surface area contributed by atoms with Crippen LogP contribution in [0.4, 0.5) is 4.39 Å². The summed E-state index contributed by atoms with van der Waals surface area (Å²) >= 11 is 0. The summed E-state index contributed by atoms with van der Waals surface area (Å²) in [6, 6.07) is 4.65. The quantitative estimate of drug-likeness (QED) is 0.887. The monoisotopic (exact) mass is 236 g/mol. The van der Waals surface area contributed by atoms with Gasteiger partial charge in [-0.15, -0.1) is 0 Å². The third kappa shape index (κ3) is 2.14. The summed E-state index contributed by atoms with van der Waals surface area (Å²) in [5.41, 5.74) is 6.68. The van der Waals surface area contributed by atoms with Crippen LogP contribution in [-0.2, 0) is 6.54 Å². The molecule has 0 aliphatic rings. The summed E-state index contributed by atoms with van der Waals surface area (Å²) in [6.07, 6.45) is 0. The molecule has 0 radical (unpaired) electrons. The van der Waals surface area contributed by atoms with Crippen molar-refractivity contribution in [2.75, 3.05) is 7.11 Å². The van der Waals surface area contributed by atoms with Gasteiger partial charge in [-0.1, -0.05) is 0 Å². The van der Waals surface area contributed by atoms with Crippen LogP contribution in [0.15, 0.2) is 22.6 Å². The highest BCUT2D eigenvalue weighted by molar-refractivity contribution is 5.62. The van der Waals surface area contributed by atoms with E-state index >= 15 is 0 Å². The van der Waals surface area contributed by atoms with E-state index in [4.69, 9.17) is 14.9 Å². The lowest BCUT2D eigenvalue weighted by Crippen LogP contribution is -1.95. The van der Waals surface area contributed by atoms with Gasteiger partial charge in [0.05, 0.1) is 13.7 Å². The predicted molar refractivity (Wildman–Crippen MR) is 61.1 cm³/mol. The third-order valence-corrected chi connectivity index (χ3v) is 2.44. The largest absolute Gasteiger partial charge is 0.494 e. The fourth-order valence-electron chi connectivity index (χ4n) is 1.62. The van der Waals surface area contributed by atoms with E-state index in [0.717, 1.165) is 0 Å². The van der Waals surface area contributed by atoms with Crippen LogP contribution in [0.1, 0.15) is 11.7 Å². The highest BCUT2D eigenvalue weighted by Gasteiger charge is 2.12. The van der Waals surface area contributed by atoms with Crippen molar-refractivity contribution in [3.63, 3.8) is 0 Å². The second kappa shape index (κ2) is 4.55.